The molecule has 1 aliphatic carbocycles. The lowest BCUT2D eigenvalue weighted by atomic mass is 10.2. The van der Waals surface area contributed by atoms with Gasteiger partial charge in [-0.1, -0.05) is 5.16 Å². The molecule has 0 aromatic carbocycles. The van der Waals surface area contributed by atoms with E-state index in [1.165, 1.54) is 4.68 Å². The first-order valence-electron chi connectivity index (χ1n) is 6.90. The highest BCUT2D eigenvalue weighted by Crippen LogP contribution is 2.18. The van der Waals surface area contributed by atoms with Crippen LogP contribution in [0.25, 0.3) is 0 Å². The van der Waals surface area contributed by atoms with Gasteiger partial charge in [0.25, 0.3) is 5.56 Å². The average Bonchev–Trinajstić information content (AvgIpc) is 3.05. The molecule has 0 saturated carbocycles. The summed E-state index contributed by atoms with van der Waals surface area (Å²) in [7, 11) is 0. The summed E-state index contributed by atoms with van der Waals surface area (Å²) in [6.07, 6.45) is 2.74. The van der Waals surface area contributed by atoms with Crippen molar-refractivity contribution in [3.05, 3.63) is 39.5 Å². The number of aryl methyl sites for hydroxylation is 3. The van der Waals surface area contributed by atoms with Gasteiger partial charge in [0.05, 0.1) is 5.69 Å². The Hall–Kier alpha value is -2.44. The Kier molecular flexibility index (Phi) is 3.32. The first-order valence-corrected chi connectivity index (χ1v) is 6.90. The molecule has 0 saturated heterocycles. The molecule has 110 valence electrons. The van der Waals surface area contributed by atoms with Gasteiger partial charge in [0.2, 0.25) is 5.91 Å². The second-order valence-corrected chi connectivity index (χ2v) is 5.24. The number of amides is 1. The number of carbonyl (C=O) groups excluding carboxylic acids is 1. The molecule has 0 radical (unpaired) electrons. The Morgan fingerprint density at radius 1 is 1.43 bits per heavy atom. The molecular formula is C14H16N4O3. The van der Waals surface area contributed by atoms with Crippen molar-refractivity contribution in [1.82, 2.24) is 14.9 Å². The SMILES string of the molecule is Cc1cc(NC(=O)C(C)n2nc3c(cc2=O)CCC3)no1. The number of nitrogens with zero attached hydrogens (tertiary/aromatic N) is 3. The normalized spacial score (nSPS) is 14.8. The Morgan fingerprint density at radius 2 is 2.24 bits per heavy atom. The smallest absolute Gasteiger partial charge is 0.267 e. The zero-order valence-electron chi connectivity index (χ0n) is 11.9. The second-order valence-electron chi connectivity index (χ2n) is 5.24. The molecule has 0 aliphatic heterocycles. The van der Waals surface area contributed by atoms with Gasteiger partial charge >= 0.3 is 0 Å². The summed E-state index contributed by atoms with van der Waals surface area (Å²) in [4.78, 5) is 24.2. The Morgan fingerprint density at radius 3 is 2.95 bits per heavy atom. The van der Waals surface area contributed by atoms with Crippen LogP contribution in [0.2, 0.25) is 0 Å². The molecule has 0 fully saturated rings. The minimum absolute atomic E-state index is 0.255. The lowest BCUT2D eigenvalue weighted by Crippen LogP contribution is -2.34. The third kappa shape index (κ3) is 2.58. The standard InChI is InChI=1S/C14H16N4O3/c1-8-6-12(17-21-8)15-14(20)9(2)18-13(19)7-10-4-3-5-11(10)16-18/h6-7,9H,3-5H2,1-2H3,(H,15,17,20). The van der Waals surface area contributed by atoms with E-state index in [1.54, 1.807) is 26.0 Å². The first kappa shape index (κ1) is 13.5. The van der Waals surface area contributed by atoms with E-state index in [2.05, 4.69) is 15.6 Å². The van der Waals surface area contributed by atoms with E-state index in [9.17, 15) is 9.59 Å². The van der Waals surface area contributed by atoms with Gasteiger partial charge in [-0.15, -0.1) is 0 Å². The molecule has 0 spiro atoms. The summed E-state index contributed by atoms with van der Waals surface area (Å²) in [6, 6.07) is 2.49. The van der Waals surface area contributed by atoms with Crippen LogP contribution in [0.15, 0.2) is 21.5 Å². The summed E-state index contributed by atoms with van der Waals surface area (Å²) in [5.41, 5.74) is 1.65. The summed E-state index contributed by atoms with van der Waals surface area (Å²) in [5.74, 6) is 0.584. The van der Waals surface area contributed by atoms with Crippen molar-refractivity contribution in [2.45, 2.75) is 39.2 Å². The lowest BCUT2D eigenvalue weighted by molar-refractivity contribution is -0.119. The molecule has 1 atom stereocenters. The predicted octanol–water partition coefficient (Wildman–Crippen LogP) is 1.23. The zero-order chi connectivity index (χ0) is 15.0. The zero-order valence-corrected chi connectivity index (χ0v) is 11.9. The lowest BCUT2D eigenvalue weighted by Gasteiger charge is -2.13. The largest absolute Gasteiger partial charge is 0.360 e. The van der Waals surface area contributed by atoms with Crippen LogP contribution in [-0.2, 0) is 17.6 Å². The van der Waals surface area contributed by atoms with Crippen LogP contribution in [0.4, 0.5) is 5.82 Å². The van der Waals surface area contributed by atoms with Crippen LogP contribution in [-0.4, -0.2) is 20.8 Å². The monoisotopic (exact) mass is 288 g/mol. The van der Waals surface area contributed by atoms with Gasteiger partial charge < -0.3 is 9.84 Å². The number of fused-ring (bicyclic) bond motifs is 1. The molecular weight excluding hydrogens is 272 g/mol. The van der Waals surface area contributed by atoms with Gasteiger partial charge in [0.15, 0.2) is 5.82 Å². The van der Waals surface area contributed by atoms with Crippen molar-refractivity contribution in [2.75, 3.05) is 5.32 Å². The number of aromatic nitrogens is 3. The minimum atomic E-state index is -0.708. The van der Waals surface area contributed by atoms with Crippen molar-refractivity contribution in [3.63, 3.8) is 0 Å². The third-order valence-corrected chi connectivity index (χ3v) is 3.61. The highest BCUT2D eigenvalue weighted by molar-refractivity contribution is 5.92. The molecule has 3 rings (SSSR count). The average molecular weight is 288 g/mol. The maximum absolute atomic E-state index is 12.2. The molecule has 1 unspecified atom stereocenters. The Balaban J connectivity index is 1.83. The fourth-order valence-electron chi connectivity index (χ4n) is 2.46. The molecule has 7 nitrogen and oxygen atoms in total. The number of nitrogens with one attached hydrogen (secondary N) is 1. The van der Waals surface area contributed by atoms with E-state index in [0.29, 0.717) is 11.6 Å². The molecule has 21 heavy (non-hydrogen) atoms. The topological polar surface area (TPSA) is 90.0 Å². The molecule has 1 aliphatic rings. The highest BCUT2D eigenvalue weighted by atomic mass is 16.5. The molecule has 2 aromatic rings. The molecule has 2 heterocycles. The predicted molar refractivity (Wildman–Crippen MR) is 75.1 cm³/mol. The van der Waals surface area contributed by atoms with Crippen LogP contribution in [0.1, 0.15) is 36.4 Å². The van der Waals surface area contributed by atoms with Gasteiger partial charge in [-0.05, 0) is 38.7 Å². The quantitative estimate of drug-likeness (QED) is 0.917. The molecule has 0 bridgehead atoms. The van der Waals surface area contributed by atoms with Gasteiger partial charge in [-0.25, -0.2) is 4.68 Å². The summed E-state index contributed by atoms with van der Waals surface area (Å²) >= 11 is 0. The van der Waals surface area contributed by atoms with Crippen molar-refractivity contribution in [1.29, 1.82) is 0 Å². The molecule has 1 amide bonds. The highest BCUT2D eigenvalue weighted by Gasteiger charge is 2.22. The molecule has 1 N–H and O–H groups in total. The summed E-state index contributed by atoms with van der Waals surface area (Å²) in [5, 5.41) is 10.6. The first-order chi connectivity index (χ1) is 10.0. The number of rotatable bonds is 3. The Bertz CT molecular complexity index is 747. The van der Waals surface area contributed by atoms with Gasteiger partial charge in [0.1, 0.15) is 11.8 Å². The van der Waals surface area contributed by atoms with Crippen LogP contribution in [0, 0.1) is 6.92 Å². The molecule has 7 heteroatoms. The second kappa shape index (κ2) is 5.16. The van der Waals surface area contributed by atoms with E-state index in [-0.39, 0.29) is 11.5 Å². The number of anilines is 1. The van der Waals surface area contributed by atoms with Crippen molar-refractivity contribution >= 4 is 11.7 Å². The maximum Gasteiger partial charge on any atom is 0.267 e. The van der Waals surface area contributed by atoms with Gasteiger partial charge in [0, 0.05) is 12.1 Å². The number of hydrogen-bond donors (Lipinski definition) is 1. The maximum atomic E-state index is 12.2. The van der Waals surface area contributed by atoms with Crippen molar-refractivity contribution in [3.8, 4) is 0 Å². The van der Waals surface area contributed by atoms with Gasteiger partial charge in [-0.2, -0.15) is 5.10 Å². The van der Waals surface area contributed by atoms with Crippen LogP contribution >= 0.6 is 0 Å². The van der Waals surface area contributed by atoms with E-state index in [1.807, 2.05) is 0 Å². The van der Waals surface area contributed by atoms with E-state index >= 15 is 0 Å². The number of carbonyl (C=O) groups is 1. The van der Waals surface area contributed by atoms with Crippen molar-refractivity contribution in [2.24, 2.45) is 0 Å². The summed E-state index contributed by atoms with van der Waals surface area (Å²) < 4.78 is 6.11. The van der Waals surface area contributed by atoms with Crippen LogP contribution in [0.5, 0.6) is 0 Å². The van der Waals surface area contributed by atoms with Crippen molar-refractivity contribution < 1.29 is 9.32 Å². The van der Waals surface area contributed by atoms with E-state index in [0.717, 1.165) is 30.5 Å². The third-order valence-electron chi connectivity index (χ3n) is 3.61. The molecule has 2 aromatic heterocycles. The summed E-state index contributed by atoms with van der Waals surface area (Å²) in [6.45, 7) is 3.37. The Labute approximate surface area is 120 Å². The van der Waals surface area contributed by atoms with Crippen LogP contribution < -0.4 is 10.9 Å². The van der Waals surface area contributed by atoms with Crippen LogP contribution in [0.3, 0.4) is 0 Å². The minimum Gasteiger partial charge on any atom is -0.360 e. The van der Waals surface area contributed by atoms with E-state index in [4.69, 9.17) is 4.52 Å². The van der Waals surface area contributed by atoms with E-state index < -0.39 is 6.04 Å². The van der Waals surface area contributed by atoms with Gasteiger partial charge in [-0.3, -0.25) is 9.59 Å². The fraction of sp³-hybridized carbons (Fsp3) is 0.429. The fourth-order valence-corrected chi connectivity index (χ4v) is 2.46. The number of hydrogen-bond acceptors (Lipinski definition) is 5.